The van der Waals surface area contributed by atoms with Gasteiger partial charge in [0.1, 0.15) is 0 Å². The largest absolute Gasteiger partial charge is 0.350 e. The third kappa shape index (κ3) is 3.16. The average molecular weight is 343 g/mol. The van der Waals surface area contributed by atoms with Gasteiger partial charge in [-0.05, 0) is 36.4 Å². The van der Waals surface area contributed by atoms with Gasteiger partial charge in [-0.25, -0.2) is 0 Å². The van der Waals surface area contributed by atoms with E-state index in [1.54, 1.807) is 0 Å². The van der Waals surface area contributed by atoms with Crippen LogP contribution in [0.25, 0.3) is 10.9 Å². The Kier molecular flexibility index (Phi) is 4.06. The molecule has 0 saturated heterocycles. The van der Waals surface area contributed by atoms with E-state index in [4.69, 9.17) is 0 Å². The average Bonchev–Trinajstić information content (AvgIpc) is 2.90. The highest BCUT2D eigenvalue weighted by Crippen LogP contribution is 2.20. The molecule has 0 spiro atoms. The molecule has 3 nitrogen and oxygen atoms in total. The highest BCUT2D eigenvalue weighted by Gasteiger charge is 2.05. The standard InChI is InChI=1S/C17H15BrN2O/c18-15-6-7-16-14(12-15)8-10-20(16)11-9-19-17(21)13-4-2-1-3-5-13/h1-8,10,12H,9,11H2,(H,19,21). The van der Waals surface area contributed by atoms with Crippen LogP contribution in [0.4, 0.5) is 0 Å². The lowest BCUT2D eigenvalue weighted by atomic mass is 10.2. The second kappa shape index (κ2) is 6.14. The molecule has 0 aliphatic heterocycles. The van der Waals surface area contributed by atoms with Crippen molar-refractivity contribution in [2.45, 2.75) is 6.54 Å². The van der Waals surface area contributed by atoms with Crippen molar-refractivity contribution in [2.24, 2.45) is 0 Å². The van der Waals surface area contributed by atoms with Crippen LogP contribution in [0.5, 0.6) is 0 Å². The van der Waals surface area contributed by atoms with Crippen molar-refractivity contribution in [1.82, 2.24) is 9.88 Å². The van der Waals surface area contributed by atoms with Crippen LogP contribution >= 0.6 is 15.9 Å². The van der Waals surface area contributed by atoms with Gasteiger partial charge in [-0.15, -0.1) is 0 Å². The van der Waals surface area contributed by atoms with Crippen molar-refractivity contribution in [3.63, 3.8) is 0 Å². The van der Waals surface area contributed by atoms with Crippen LogP contribution in [0, 0.1) is 0 Å². The van der Waals surface area contributed by atoms with Gasteiger partial charge in [-0.2, -0.15) is 0 Å². The number of halogens is 1. The van der Waals surface area contributed by atoms with Gasteiger partial charge in [0.15, 0.2) is 0 Å². The minimum atomic E-state index is -0.0326. The van der Waals surface area contributed by atoms with E-state index in [1.165, 1.54) is 10.9 Å². The Labute approximate surface area is 131 Å². The topological polar surface area (TPSA) is 34.0 Å². The quantitative estimate of drug-likeness (QED) is 0.767. The maximum Gasteiger partial charge on any atom is 0.251 e. The van der Waals surface area contributed by atoms with Crippen molar-refractivity contribution >= 4 is 32.7 Å². The van der Waals surface area contributed by atoms with Crippen LogP contribution in [0.1, 0.15) is 10.4 Å². The van der Waals surface area contributed by atoms with E-state index in [0.29, 0.717) is 12.1 Å². The van der Waals surface area contributed by atoms with Gasteiger partial charge in [-0.1, -0.05) is 34.1 Å². The summed E-state index contributed by atoms with van der Waals surface area (Å²) in [4.78, 5) is 12.0. The molecule has 1 N–H and O–H groups in total. The molecular formula is C17H15BrN2O. The second-order valence-corrected chi connectivity index (χ2v) is 5.75. The Morgan fingerprint density at radius 3 is 2.71 bits per heavy atom. The summed E-state index contributed by atoms with van der Waals surface area (Å²) < 4.78 is 3.22. The molecule has 0 aliphatic rings. The highest BCUT2D eigenvalue weighted by atomic mass is 79.9. The minimum absolute atomic E-state index is 0.0326. The predicted octanol–water partition coefficient (Wildman–Crippen LogP) is 3.83. The van der Waals surface area contributed by atoms with Crippen LogP contribution in [-0.2, 0) is 6.54 Å². The van der Waals surface area contributed by atoms with E-state index in [-0.39, 0.29) is 5.91 Å². The summed E-state index contributed by atoms with van der Waals surface area (Å²) in [5.74, 6) is -0.0326. The van der Waals surface area contributed by atoms with E-state index in [0.717, 1.165) is 11.0 Å². The van der Waals surface area contributed by atoms with Crippen LogP contribution in [0.3, 0.4) is 0 Å². The van der Waals surface area contributed by atoms with E-state index in [1.807, 2.05) is 42.6 Å². The SMILES string of the molecule is O=C(NCCn1ccc2cc(Br)ccc21)c1ccccc1. The Hall–Kier alpha value is -2.07. The number of nitrogens with one attached hydrogen (secondary N) is 1. The minimum Gasteiger partial charge on any atom is -0.350 e. The van der Waals surface area contributed by atoms with Gasteiger partial charge in [0, 0.05) is 40.2 Å². The predicted molar refractivity (Wildman–Crippen MR) is 88.4 cm³/mol. The zero-order chi connectivity index (χ0) is 14.7. The molecule has 1 heterocycles. The van der Waals surface area contributed by atoms with Crippen molar-refractivity contribution in [1.29, 1.82) is 0 Å². The van der Waals surface area contributed by atoms with Crippen molar-refractivity contribution in [3.05, 3.63) is 70.8 Å². The van der Waals surface area contributed by atoms with Crippen molar-refractivity contribution in [3.8, 4) is 0 Å². The number of carbonyl (C=O) groups excluding carboxylic acids is 1. The number of nitrogens with zero attached hydrogens (tertiary/aromatic N) is 1. The first-order chi connectivity index (χ1) is 10.2. The molecule has 106 valence electrons. The maximum absolute atomic E-state index is 12.0. The third-order valence-corrected chi connectivity index (χ3v) is 3.90. The summed E-state index contributed by atoms with van der Waals surface area (Å²) in [6.45, 7) is 1.36. The summed E-state index contributed by atoms with van der Waals surface area (Å²) in [5, 5.41) is 4.14. The van der Waals surface area contributed by atoms with Gasteiger partial charge in [0.05, 0.1) is 0 Å². The molecule has 0 radical (unpaired) electrons. The first-order valence-electron chi connectivity index (χ1n) is 6.82. The van der Waals surface area contributed by atoms with Gasteiger partial charge in [0.25, 0.3) is 5.91 Å². The third-order valence-electron chi connectivity index (χ3n) is 3.41. The molecule has 0 unspecified atom stereocenters. The van der Waals surface area contributed by atoms with Gasteiger partial charge < -0.3 is 9.88 Å². The van der Waals surface area contributed by atoms with Crippen molar-refractivity contribution < 1.29 is 4.79 Å². The van der Waals surface area contributed by atoms with Gasteiger partial charge in [0.2, 0.25) is 0 Å². The fourth-order valence-electron chi connectivity index (χ4n) is 2.35. The number of benzene rings is 2. The number of hydrogen-bond acceptors (Lipinski definition) is 1. The molecule has 1 aromatic heterocycles. The highest BCUT2D eigenvalue weighted by molar-refractivity contribution is 9.10. The fraction of sp³-hybridized carbons (Fsp3) is 0.118. The van der Waals surface area contributed by atoms with Crippen LogP contribution in [0.15, 0.2) is 65.3 Å². The van der Waals surface area contributed by atoms with Crippen LogP contribution in [0.2, 0.25) is 0 Å². The lowest BCUT2D eigenvalue weighted by Gasteiger charge is -2.08. The molecule has 0 fully saturated rings. The summed E-state index contributed by atoms with van der Waals surface area (Å²) in [6, 6.07) is 17.6. The number of rotatable bonds is 4. The van der Waals surface area contributed by atoms with E-state index in [9.17, 15) is 4.79 Å². The smallest absolute Gasteiger partial charge is 0.251 e. The first-order valence-corrected chi connectivity index (χ1v) is 7.61. The Morgan fingerprint density at radius 2 is 1.90 bits per heavy atom. The van der Waals surface area contributed by atoms with Crippen LogP contribution in [-0.4, -0.2) is 17.0 Å². The summed E-state index contributed by atoms with van der Waals surface area (Å²) in [5.41, 5.74) is 1.87. The lowest BCUT2D eigenvalue weighted by molar-refractivity contribution is 0.0952. The molecule has 3 rings (SSSR count). The molecule has 2 aromatic carbocycles. The molecule has 4 heteroatoms. The molecule has 0 saturated carbocycles. The molecule has 21 heavy (non-hydrogen) atoms. The van der Waals surface area contributed by atoms with Gasteiger partial charge in [-0.3, -0.25) is 4.79 Å². The molecule has 0 atom stereocenters. The van der Waals surface area contributed by atoms with E-state index >= 15 is 0 Å². The zero-order valence-corrected chi connectivity index (χ0v) is 13.0. The van der Waals surface area contributed by atoms with Crippen LogP contribution < -0.4 is 5.32 Å². The summed E-state index contributed by atoms with van der Waals surface area (Å²) >= 11 is 3.47. The Balaban J connectivity index is 1.63. The number of fused-ring (bicyclic) bond motifs is 1. The normalized spacial score (nSPS) is 10.7. The summed E-state index contributed by atoms with van der Waals surface area (Å²) in [7, 11) is 0. The zero-order valence-electron chi connectivity index (χ0n) is 11.4. The van der Waals surface area contributed by atoms with E-state index < -0.39 is 0 Å². The fourth-order valence-corrected chi connectivity index (χ4v) is 2.73. The molecule has 0 bridgehead atoms. The van der Waals surface area contributed by atoms with E-state index in [2.05, 4.69) is 44.0 Å². The Bertz CT molecular complexity index is 765. The number of hydrogen-bond donors (Lipinski definition) is 1. The lowest BCUT2D eigenvalue weighted by Crippen LogP contribution is -2.26. The van der Waals surface area contributed by atoms with Gasteiger partial charge >= 0.3 is 0 Å². The number of amides is 1. The number of aromatic nitrogens is 1. The molecule has 0 aliphatic carbocycles. The molecule has 1 amide bonds. The second-order valence-electron chi connectivity index (χ2n) is 4.83. The summed E-state index contributed by atoms with van der Waals surface area (Å²) in [6.07, 6.45) is 2.05. The molecular weight excluding hydrogens is 328 g/mol. The molecule has 3 aromatic rings. The Morgan fingerprint density at radius 1 is 1.10 bits per heavy atom. The maximum atomic E-state index is 12.0. The monoisotopic (exact) mass is 342 g/mol. The first kappa shape index (κ1) is 13.9. The number of carbonyl (C=O) groups is 1. The van der Waals surface area contributed by atoms with Crippen molar-refractivity contribution in [2.75, 3.05) is 6.54 Å².